The number of hydrogen-bond acceptors (Lipinski definition) is 3. The molecule has 160 valence electrons. The Morgan fingerprint density at radius 1 is 1.10 bits per heavy atom. The van der Waals surface area contributed by atoms with Crippen molar-refractivity contribution < 1.29 is 4.79 Å². The second kappa shape index (κ2) is 8.76. The molecule has 6 nitrogen and oxygen atoms in total. The topological polar surface area (TPSA) is 68.4 Å². The van der Waals surface area contributed by atoms with Crippen LogP contribution in [0, 0.1) is 6.92 Å². The van der Waals surface area contributed by atoms with Crippen molar-refractivity contribution in [3.8, 4) is 0 Å². The molecule has 0 aliphatic rings. The van der Waals surface area contributed by atoms with Crippen LogP contribution in [0.5, 0.6) is 0 Å². The number of carbonyl (C=O) groups is 1. The molecular formula is C25H28N4O2. The van der Waals surface area contributed by atoms with Gasteiger partial charge in [-0.05, 0) is 50.8 Å². The molecule has 0 aliphatic heterocycles. The predicted octanol–water partition coefficient (Wildman–Crippen LogP) is 4.05. The van der Waals surface area contributed by atoms with Crippen LogP contribution in [-0.2, 0) is 11.2 Å². The first-order valence-electron chi connectivity index (χ1n) is 10.8. The molecule has 0 saturated carbocycles. The van der Waals surface area contributed by atoms with E-state index in [1.165, 1.54) is 11.6 Å². The number of aromatic nitrogens is 3. The number of nitrogens with zero attached hydrogens (tertiary/aromatic N) is 3. The maximum atomic E-state index is 13.3. The number of rotatable bonds is 7. The molecular weight excluding hydrogens is 388 g/mol. The van der Waals surface area contributed by atoms with E-state index >= 15 is 0 Å². The number of amides is 1. The van der Waals surface area contributed by atoms with Crippen molar-refractivity contribution in [2.45, 2.75) is 52.1 Å². The maximum Gasteiger partial charge on any atom is 0.273 e. The van der Waals surface area contributed by atoms with Crippen molar-refractivity contribution in [1.82, 2.24) is 19.5 Å². The number of fused-ring (bicyclic) bond motifs is 3. The smallest absolute Gasteiger partial charge is 0.273 e. The summed E-state index contributed by atoms with van der Waals surface area (Å²) in [6, 6.07) is 19.2. The standard InChI is InChI=1S/C25H28N4O2/c1-4-21(25(31)26-17(2)14-15-19-10-6-5-7-11-19)29-22-13-9-8-12-20(22)24-27-23(30)16-18(3)28(24)29/h5-13,16-17,21H,4,14-15H2,1-3H3,(H,26,31)/t17-,21-/m1/s1. The molecule has 0 radical (unpaired) electrons. The molecule has 0 bridgehead atoms. The van der Waals surface area contributed by atoms with Crippen molar-refractivity contribution in [3.63, 3.8) is 0 Å². The van der Waals surface area contributed by atoms with Gasteiger partial charge in [-0.3, -0.25) is 14.3 Å². The molecule has 4 aromatic rings. The van der Waals surface area contributed by atoms with Crippen molar-refractivity contribution in [2.24, 2.45) is 0 Å². The van der Waals surface area contributed by atoms with Crippen LogP contribution in [0.25, 0.3) is 16.6 Å². The van der Waals surface area contributed by atoms with Gasteiger partial charge in [0.05, 0.1) is 5.52 Å². The zero-order valence-corrected chi connectivity index (χ0v) is 18.2. The summed E-state index contributed by atoms with van der Waals surface area (Å²) in [4.78, 5) is 29.6. The zero-order valence-electron chi connectivity index (χ0n) is 18.2. The lowest BCUT2D eigenvalue weighted by Gasteiger charge is -2.23. The molecule has 31 heavy (non-hydrogen) atoms. The molecule has 4 rings (SSSR count). The summed E-state index contributed by atoms with van der Waals surface area (Å²) in [7, 11) is 0. The van der Waals surface area contributed by atoms with Crippen molar-refractivity contribution in [3.05, 3.63) is 82.3 Å². The fraction of sp³-hybridized carbons (Fsp3) is 0.320. The Kier molecular flexibility index (Phi) is 5.89. The number of benzene rings is 2. The van der Waals surface area contributed by atoms with Gasteiger partial charge in [0.15, 0.2) is 5.65 Å². The van der Waals surface area contributed by atoms with E-state index in [2.05, 4.69) is 22.4 Å². The van der Waals surface area contributed by atoms with Gasteiger partial charge >= 0.3 is 0 Å². The molecule has 2 atom stereocenters. The highest BCUT2D eigenvalue weighted by Gasteiger charge is 2.25. The largest absolute Gasteiger partial charge is 0.352 e. The second-order valence-electron chi connectivity index (χ2n) is 8.09. The van der Waals surface area contributed by atoms with Crippen LogP contribution >= 0.6 is 0 Å². The Bertz CT molecular complexity index is 1270. The summed E-state index contributed by atoms with van der Waals surface area (Å²) in [5.41, 5.74) is 3.23. The molecule has 1 amide bonds. The normalized spacial score (nSPS) is 13.4. The third kappa shape index (κ3) is 4.10. The van der Waals surface area contributed by atoms with E-state index in [1.54, 1.807) is 0 Å². The number of nitrogens with one attached hydrogen (secondary N) is 1. The van der Waals surface area contributed by atoms with E-state index in [1.807, 2.05) is 72.4 Å². The summed E-state index contributed by atoms with van der Waals surface area (Å²) in [6.45, 7) is 5.92. The molecule has 0 unspecified atom stereocenters. The van der Waals surface area contributed by atoms with Crippen LogP contribution in [0.3, 0.4) is 0 Å². The summed E-state index contributed by atoms with van der Waals surface area (Å²) in [5.74, 6) is -0.0242. The van der Waals surface area contributed by atoms with Gasteiger partial charge in [0.25, 0.3) is 5.56 Å². The van der Waals surface area contributed by atoms with Crippen molar-refractivity contribution in [1.29, 1.82) is 0 Å². The van der Waals surface area contributed by atoms with Gasteiger partial charge in [-0.2, -0.15) is 4.98 Å². The highest BCUT2D eigenvalue weighted by atomic mass is 16.2. The Morgan fingerprint density at radius 2 is 1.81 bits per heavy atom. The first-order chi connectivity index (χ1) is 15.0. The van der Waals surface area contributed by atoms with E-state index < -0.39 is 6.04 Å². The summed E-state index contributed by atoms with van der Waals surface area (Å²) in [5, 5.41) is 4.06. The molecule has 6 heteroatoms. The van der Waals surface area contributed by atoms with E-state index in [-0.39, 0.29) is 17.5 Å². The third-order valence-corrected chi connectivity index (χ3v) is 5.77. The maximum absolute atomic E-state index is 13.3. The second-order valence-corrected chi connectivity index (χ2v) is 8.09. The summed E-state index contributed by atoms with van der Waals surface area (Å²) < 4.78 is 3.88. The zero-order chi connectivity index (χ0) is 22.0. The lowest BCUT2D eigenvalue weighted by molar-refractivity contribution is -0.125. The molecule has 1 N–H and O–H groups in total. The van der Waals surface area contributed by atoms with Gasteiger partial charge in [-0.25, -0.2) is 4.52 Å². The molecule has 2 aromatic carbocycles. The van der Waals surface area contributed by atoms with Gasteiger partial charge in [0.1, 0.15) is 6.04 Å². The Hall–Kier alpha value is -3.41. The first-order valence-corrected chi connectivity index (χ1v) is 10.8. The lowest BCUT2D eigenvalue weighted by atomic mass is 10.1. The van der Waals surface area contributed by atoms with Crippen LogP contribution in [0.1, 0.15) is 44.0 Å². The van der Waals surface area contributed by atoms with Crippen molar-refractivity contribution >= 4 is 22.5 Å². The van der Waals surface area contributed by atoms with Gasteiger partial charge in [0.2, 0.25) is 5.91 Å². The number of para-hydroxylation sites is 1. The van der Waals surface area contributed by atoms with E-state index in [4.69, 9.17) is 0 Å². The predicted molar refractivity (Wildman–Crippen MR) is 123 cm³/mol. The average molecular weight is 417 g/mol. The SMILES string of the molecule is CC[C@H](C(=O)N[C@H](C)CCc1ccccc1)n1c2ccccc2c2nc(=O)cc(C)n21. The molecule has 2 aromatic heterocycles. The number of aryl methyl sites for hydroxylation is 2. The van der Waals surface area contributed by atoms with Gasteiger partial charge in [-0.1, -0.05) is 49.4 Å². The lowest BCUT2D eigenvalue weighted by Crippen LogP contribution is -2.39. The van der Waals surface area contributed by atoms with Gasteiger partial charge in [-0.15, -0.1) is 0 Å². The highest BCUT2D eigenvalue weighted by Crippen LogP contribution is 2.26. The van der Waals surface area contributed by atoms with Gasteiger partial charge in [0, 0.05) is 23.2 Å². The third-order valence-electron chi connectivity index (χ3n) is 5.77. The summed E-state index contributed by atoms with van der Waals surface area (Å²) >= 11 is 0. The fourth-order valence-corrected chi connectivity index (χ4v) is 4.22. The Morgan fingerprint density at radius 3 is 2.55 bits per heavy atom. The molecule has 0 spiro atoms. The molecule has 0 saturated heterocycles. The first kappa shape index (κ1) is 20.8. The quantitative estimate of drug-likeness (QED) is 0.494. The van der Waals surface area contributed by atoms with Gasteiger partial charge < -0.3 is 5.32 Å². The van der Waals surface area contributed by atoms with Crippen LogP contribution in [0.2, 0.25) is 0 Å². The highest BCUT2D eigenvalue weighted by molar-refractivity contribution is 5.94. The van der Waals surface area contributed by atoms with E-state index in [0.717, 1.165) is 29.4 Å². The summed E-state index contributed by atoms with van der Waals surface area (Å²) in [6.07, 6.45) is 2.40. The molecule has 0 fully saturated rings. The molecule has 0 aliphatic carbocycles. The van der Waals surface area contributed by atoms with Crippen LogP contribution in [-0.4, -0.2) is 26.1 Å². The minimum atomic E-state index is -0.412. The van der Waals surface area contributed by atoms with E-state index in [9.17, 15) is 9.59 Å². The van der Waals surface area contributed by atoms with Crippen LogP contribution in [0.15, 0.2) is 65.5 Å². The fourth-order valence-electron chi connectivity index (χ4n) is 4.22. The number of hydrogen-bond donors (Lipinski definition) is 1. The number of carbonyl (C=O) groups excluding carboxylic acids is 1. The van der Waals surface area contributed by atoms with E-state index in [0.29, 0.717) is 12.1 Å². The monoisotopic (exact) mass is 416 g/mol. The minimum absolute atomic E-state index is 0.0242. The Labute approximate surface area is 181 Å². The average Bonchev–Trinajstić information content (AvgIpc) is 3.08. The van der Waals surface area contributed by atoms with Crippen LogP contribution in [0.4, 0.5) is 0 Å². The Balaban J connectivity index is 1.65. The molecule has 2 heterocycles. The van der Waals surface area contributed by atoms with Crippen molar-refractivity contribution in [2.75, 3.05) is 0 Å². The van der Waals surface area contributed by atoms with Crippen LogP contribution < -0.4 is 10.9 Å². The minimum Gasteiger partial charge on any atom is -0.352 e.